The predicted octanol–water partition coefficient (Wildman–Crippen LogP) is 3.50. The summed E-state index contributed by atoms with van der Waals surface area (Å²) >= 11 is 1.46. The fourth-order valence-corrected chi connectivity index (χ4v) is 4.95. The number of aryl methyl sites for hydroxylation is 1. The molecule has 2 atom stereocenters. The highest BCUT2D eigenvalue weighted by Crippen LogP contribution is 2.37. The lowest BCUT2D eigenvalue weighted by atomic mass is 9.91. The number of aromatic amines is 2. The van der Waals surface area contributed by atoms with Gasteiger partial charge in [-0.05, 0) is 31.5 Å². The van der Waals surface area contributed by atoms with E-state index >= 15 is 0 Å². The molecular formula is C20H19N5OS. The monoisotopic (exact) mass is 377 g/mol. The maximum atomic E-state index is 12.7. The summed E-state index contributed by atoms with van der Waals surface area (Å²) in [5, 5.41) is 10.5. The number of benzene rings is 1. The Morgan fingerprint density at radius 3 is 2.85 bits per heavy atom. The minimum Gasteiger partial charge on any atom is -0.308 e. The zero-order valence-corrected chi connectivity index (χ0v) is 15.6. The van der Waals surface area contributed by atoms with Crippen molar-refractivity contribution in [2.75, 3.05) is 6.54 Å². The molecular weight excluding hydrogens is 358 g/mol. The van der Waals surface area contributed by atoms with Gasteiger partial charge in [-0.3, -0.25) is 9.89 Å². The van der Waals surface area contributed by atoms with Crippen LogP contribution in [0.4, 0.5) is 0 Å². The first kappa shape index (κ1) is 16.4. The van der Waals surface area contributed by atoms with E-state index in [2.05, 4.69) is 44.8 Å². The Balaban J connectivity index is 1.58. The van der Waals surface area contributed by atoms with Gasteiger partial charge < -0.3 is 10.3 Å². The molecule has 0 amide bonds. The van der Waals surface area contributed by atoms with E-state index in [9.17, 15) is 4.79 Å². The summed E-state index contributed by atoms with van der Waals surface area (Å²) in [5.74, 6) is 1.02. The summed E-state index contributed by atoms with van der Waals surface area (Å²) in [6.45, 7) is 2.89. The highest BCUT2D eigenvalue weighted by atomic mass is 32.1. The van der Waals surface area contributed by atoms with Crippen LogP contribution in [0, 0.1) is 6.92 Å². The fourth-order valence-electron chi connectivity index (χ4n) is 3.89. The zero-order valence-electron chi connectivity index (χ0n) is 14.8. The minimum absolute atomic E-state index is 0.0171. The molecule has 7 heteroatoms. The number of hydrogen-bond acceptors (Lipinski definition) is 5. The van der Waals surface area contributed by atoms with Crippen LogP contribution in [-0.2, 0) is 0 Å². The molecule has 0 bridgehead atoms. The lowest BCUT2D eigenvalue weighted by Crippen LogP contribution is -2.23. The van der Waals surface area contributed by atoms with E-state index in [0.29, 0.717) is 16.4 Å². The maximum Gasteiger partial charge on any atom is 0.268 e. The molecule has 0 unspecified atom stereocenters. The molecule has 1 aromatic carbocycles. The summed E-state index contributed by atoms with van der Waals surface area (Å²) in [4.78, 5) is 21.6. The van der Waals surface area contributed by atoms with E-state index in [4.69, 9.17) is 4.98 Å². The smallest absolute Gasteiger partial charge is 0.268 e. The third-order valence-corrected chi connectivity index (χ3v) is 6.40. The SMILES string of the molecule is Cc1[nH]ncc1-c1cc2nc([C@@H]3NCC[C@@H]3c3ccccc3)[nH]c(=O)c2s1. The van der Waals surface area contributed by atoms with Crippen molar-refractivity contribution in [3.8, 4) is 10.4 Å². The molecule has 5 rings (SSSR count). The number of nitrogens with one attached hydrogen (secondary N) is 3. The van der Waals surface area contributed by atoms with Crippen LogP contribution in [0.5, 0.6) is 0 Å². The number of aromatic nitrogens is 4. The Kier molecular flexibility index (Phi) is 3.91. The van der Waals surface area contributed by atoms with Crippen LogP contribution in [0.1, 0.15) is 35.5 Å². The van der Waals surface area contributed by atoms with Crippen LogP contribution in [-0.4, -0.2) is 26.7 Å². The molecule has 1 aliphatic heterocycles. The van der Waals surface area contributed by atoms with Crippen LogP contribution in [0.2, 0.25) is 0 Å². The van der Waals surface area contributed by atoms with E-state index in [1.165, 1.54) is 16.9 Å². The van der Waals surface area contributed by atoms with Crippen LogP contribution in [0.25, 0.3) is 20.7 Å². The normalized spacial score (nSPS) is 19.7. The first-order valence-electron chi connectivity index (χ1n) is 9.03. The summed E-state index contributed by atoms with van der Waals surface area (Å²) < 4.78 is 0.656. The number of H-pyrrole nitrogens is 2. The van der Waals surface area contributed by atoms with Gasteiger partial charge in [0.25, 0.3) is 5.56 Å². The van der Waals surface area contributed by atoms with Gasteiger partial charge in [0.05, 0.1) is 17.8 Å². The molecule has 6 nitrogen and oxygen atoms in total. The Hall–Kier alpha value is -2.77. The Morgan fingerprint density at radius 2 is 2.07 bits per heavy atom. The number of thiophene rings is 1. The van der Waals surface area contributed by atoms with Gasteiger partial charge in [0.1, 0.15) is 10.5 Å². The second kappa shape index (κ2) is 6.44. The standard InChI is InChI=1S/C20H19N5OS/c1-11-14(10-22-25-11)16-9-15-18(27-16)20(26)24-19(23-15)17-13(7-8-21-17)12-5-3-2-4-6-12/h2-6,9-10,13,17,21H,7-8H2,1H3,(H,22,25)(H,23,24,26)/t13-,17-/m1/s1. The van der Waals surface area contributed by atoms with Crippen molar-refractivity contribution in [3.05, 3.63) is 70.0 Å². The third kappa shape index (κ3) is 2.79. The van der Waals surface area contributed by atoms with Crippen molar-refractivity contribution >= 4 is 21.6 Å². The largest absolute Gasteiger partial charge is 0.308 e. The second-order valence-electron chi connectivity index (χ2n) is 6.92. The maximum absolute atomic E-state index is 12.7. The van der Waals surface area contributed by atoms with Crippen molar-refractivity contribution in [3.63, 3.8) is 0 Å². The quantitative estimate of drug-likeness (QED) is 0.510. The molecule has 0 aliphatic carbocycles. The highest BCUT2D eigenvalue weighted by Gasteiger charge is 2.31. The lowest BCUT2D eigenvalue weighted by Gasteiger charge is -2.19. The lowest BCUT2D eigenvalue weighted by molar-refractivity contribution is 0.546. The number of nitrogens with zero attached hydrogens (tertiary/aromatic N) is 2. The van der Waals surface area contributed by atoms with Crippen LogP contribution < -0.4 is 10.9 Å². The topological polar surface area (TPSA) is 86.5 Å². The zero-order chi connectivity index (χ0) is 18.4. The summed E-state index contributed by atoms with van der Waals surface area (Å²) in [6.07, 6.45) is 2.82. The molecule has 4 heterocycles. The van der Waals surface area contributed by atoms with Crippen LogP contribution in [0.3, 0.4) is 0 Å². The van der Waals surface area contributed by atoms with Gasteiger partial charge in [-0.2, -0.15) is 5.10 Å². The summed E-state index contributed by atoms with van der Waals surface area (Å²) in [5.41, 5.74) is 3.94. The number of fused-ring (bicyclic) bond motifs is 1. The number of hydrogen-bond donors (Lipinski definition) is 3. The molecule has 0 spiro atoms. The molecule has 0 saturated carbocycles. The van der Waals surface area contributed by atoms with Crippen molar-refractivity contribution in [2.24, 2.45) is 0 Å². The first-order valence-corrected chi connectivity index (χ1v) is 9.85. The van der Waals surface area contributed by atoms with E-state index in [-0.39, 0.29) is 11.6 Å². The van der Waals surface area contributed by atoms with Gasteiger partial charge in [0.2, 0.25) is 0 Å². The minimum atomic E-state index is -0.0760. The average molecular weight is 377 g/mol. The van der Waals surface area contributed by atoms with Crippen LogP contribution >= 0.6 is 11.3 Å². The molecule has 1 fully saturated rings. The second-order valence-corrected chi connectivity index (χ2v) is 7.97. The van der Waals surface area contributed by atoms with Gasteiger partial charge in [-0.15, -0.1) is 11.3 Å². The van der Waals surface area contributed by atoms with Crippen molar-refractivity contribution in [1.82, 2.24) is 25.5 Å². The molecule has 1 aliphatic rings. The van der Waals surface area contributed by atoms with E-state index in [1.54, 1.807) is 6.20 Å². The van der Waals surface area contributed by atoms with Gasteiger partial charge in [-0.25, -0.2) is 4.98 Å². The van der Waals surface area contributed by atoms with Crippen molar-refractivity contribution < 1.29 is 0 Å². The average Bonchev–Trinajstić information content (AvgIpc) is 3.41. The highest BCUT2D eigenvalue weighted by molar-refractivity contribution is 7.22. The summed E-state index contributed by atoms with van der Waals surface area (Å²) in [7, 11) is 0. The van der Waals surface area contributed by atoms with Gasteiger partial charge >= 0.3 is 0 Å². The predicted molar refractivity (Wildman–Crippen MR) is 107 cm³/mol. The van der Waals surface area contributed by atoms with Crippen LogP contribution in [0.15, 0.2) is 47.4 Å². The van der Waals surface area contributed by atoms with Gasteiger partial charge in [-0.1, -0.05) is 30.3 Å². The fraction of sp³-hybridized carbons (Fsp3) is 0.250. The molecule has 3 N–H and O–H groups in total. The molecule has 1 saturated heterocycles. The van der Waals surface area contributed by atoms with E-state index in [0.717, 1.165) is 34.6 Å². The molecule has 4 aromatic rings. The molecule has 136 valence electrons. The first-order chi connectivity index (χ1) is 13.2. The molecule has 0 radical (unpaired) electrons. The Morgan fingerprint density at radius 1 is 1.22 bits per heavy atom. The van der Waals surface area contributed by atoms with Gasteiger partial charge in [0, 0.05) is 22.1 Å². The molecule has 3 aromatic heterocycles. The number of rotatable bonds is 3. The third-order valence-electron chi connectivity index (χ3n) is 5.24. The van der Waals surface area contributed by atoms with Crippen molar-refractivity contribution in [2.45, 2.75) is 25.3 Å². The van der Waals surface area contributed by atoms with E-state index < -0.39 is 0 Å². The Bertz CT molecular complexity index is 1160. The molecule has 27 heavy (non-hydrogen) atoms. The van der Waals surface area contributed by atoms with Gasteiger partial charge in [0.15, 0.2) is 0 Å². The van der Waals surface area contributed by atoms with Crippen molar-refractivity contribution in [1.29, 1.82) is 0 Å². The summed E-state index contributed by atoms with van der Waals surface area (Å²) in [6, 6.07) is 12.4. The van der Waals surface area contributed by atoms with E-state index in [1.807, 2.05) is 19.1 Å². The Labute approximate surface area is 159 Å².